The summed E-state index contributed by atoms with van der Waals surface area (Å²) in [7, 11) is 0. The van der Waals surface area contributed by atoms with Gasteiger partial charge in [-0.2, -0.15) is 0 Å². The van der Waals surface area contributed by atoms with Gasteiger partial charge in [0.25, 0.3) is 0 Å². The molecule has 0 saturated carbocycles. The lowest BCUT2D eigenvalue weighted by Gasteiger charge is -2.36. The van der Waals surface area contributed by atoms with E-state index in [1.165, 1.54) is 12.1 Å². The lowest BCUT2D eigenvalue weighted by Crippen LogP contribution is -2.40. The van der Waals surface area contributed by atoms with Gasteiger partial charge in [-0.05, 0) is 68.0 Å². The van der Waals surface area contributed by atoms with Crippen LogP contribution in [0.4, 0.5) is 26.2 Å². The lowest BCUT2D eigenvalue weighted by atomic mass is 9.92. The van der Waals surface area contributed by atoms with E-state index >= 15 is 0 Å². The summed E-state index contributed by atoms with van der Waals surface area (Å²) in [6.07, 6.45) is 2.38. The van der Waals surface area contributed by atoms with Gasteiger partial charge in [-0.15, -0.1) is 0 Å². The molecule has 3 N–H and O–H groups in total. The van der Waals surface area contributed by atoms with Gasteiger partial charge < -0.3 is 25.4 Å². The van der Waals surface area contributed by atoms with Crippen molar-refractivity contribution >= 4 is 40.7 Å². The van der Waals surface area contributed by atoms with Crippen LogP contribution < -0.4 is 15.5 Å². The van der Waals surface area contributed by atoms with Gasteiger partial charge in [-0.3, -0.25) is 4.79 Å². The molecule has 0 radical (unpaired) electrons. The van der Waals surface area contributed by atoms with Gasteiger partial charge in [0.05, 0.1) is 23.5 Å². The maximum atomic E-state index is 14.2. The van der Waals surface area contributed by atoms with Gasteiger partial charge in [-0.25, -0.2) is 9.18 Å². The number of benzene rings is 2. The fourth-order valence-electron chi connectivity index (χ4n) is 4.36. The molecule has 0 aromatic heterocycles. The Bertz CT molecular complexity index is 1010. The van der Waals surface area contributed by atoms with Crippen LogP contribution in [0.5, 0.6) is 0 Å². The quantitative estimate of drug-likeness (QED) is 0.394. The second-order valence-corrected chi connectivity index (χ2v) is 8.75. The fourth-order valence-corrected chi connectivity index (χ4v) is 4.51. The van der Waals surface area contributed by atoms with Crippen molar-refractivity contribution in [1.82, 2.24) is 0 Å². The first kappa shape index (κ1) is 25.8. The fraction of sp³-hybridized carbons (Fsp3) is 0.440. The van der Waals surface area contributed by atoms with Crippen LogP contribution >= 0.6 is 11.6 Å². The Labute approximate surface area is 204 Å². The highest BCUT2D eigenvalue weighted by Gasteiger charge is 2.24. The third kappa shape index (κ3) is 6.61. The minimum Gasteiger partial charge on any atom is -0.481 e. The first-order valence-corrected chi connectivity index (χ1v) is 11.9. The van der Waals surface area contributed by atoms with Crippen molar-refractivity contribution in [2.45, 2.75) is 51.5 Å². The lowest BCUT2D eigenvalue weighted by molar-refractivity contribution is -0.137. The average Bonchev–Trinajstić information content (AvgIpc) is 2.81. The molecule has 0 spiro atoms. The largest absolute Gasteiger partial charge is 0.481 e. The minimum atomic E-state index is -0.876. The maximum Gasteiger partial charge on any atom is 0.323 e. The molecule has 2 aromatic carbocycles. The molecule has 9 heteroatoms. The Kier molecular flexibility index (Phi) is 9.12. The van der Waals surface area contributed by atoms with Gasteiger partial charge in [0.15, 0.2) is 0 Å². The van der Waals surface area contributed by atoms with Crippen molar-refractivity contribution in [3.05, 3.63) is 52.8 Å². The van der Waals surface area contributed by atoms with Crippen LogP contribution in [0.2, 0.25) is 5.02 Å². The highest BCUT2D eigenvalue weighted by Crippen LogP contribution is 2.35. The van der Waals surface area contributed by atoms with Crippen molar-refractivity contribution in [2.24, 2.45) is 0 Å². The number of nitrogens with zero attached hydrogens (tertiary/aromatic N) is 1. The van der Waals surface area contributed by atoms with E-state index in [1.54, 1.807) is 0 Å². The van der Waals surface area contributed by atoms with Crippen molar-refractivity contribution in [3.63, 3.8) is 0 Å². The van der Waals surface area contributed by atoms with Crippen molar-refractivity contribution in [2.75, 3.05) is 35.3 Å². The Hall–Kier alpha value is -2.84. The monoisotopic (exact) mass is 491 g/mol. The molecule has 1 saturated heterocycles. The zero-order valence-electron chi connectivity index (χ0n) is 19.4. The number of hydrogen-bond acceptors (Lipinski definition) is 4. The number of urea groups is 1. The van der Waals surface area contributed by atoms with Crippen molar-refractivity contribution in [1.29, 1.82) is 0 Å². The van der Waals surface area contributed by atoms with E-state index in [9.17, 15) is 19.1 Å². The zero-order chi connectivity index (χ0) is 24.7. The van der Waals surface area contributed by atoms with Gasteiger partial charge in [-0.1, -0.05) is 24.6 Å². The molecule has 0 bridgehead atoms. The molecule has 1 heterocycles. The Morgan fingerprint density at radius 1 is 1.15 bits per heavy atom. The summed E-state index contributed by atoms with van der Waals surface area (Å²) in [5.41, 5.74) is 2.20. The highest BCUT2D eigenvalue weighted by atomic mass is 35.5. The maximum absolute atomic E-state index is 14.2. The van der Waals surface area contributed by atoms with E-state index in [-0.39, 0.29) is 29.1 Å². The van der Waals surface area contributed by atoms with Gasteiger partial charge in [0.1, 0.15) is 5.82 Å². The molecule has 1 fully saturated rings. The topological polar surface area (TPSA) is 90.9 Å². The Morgan fingerprint density at radius 2 is 1.85 bits per heavy atom. The normalized spacial score (nSPS) is 14.9. The third-order valence-corrected chi connectivity index (χ3v) is 6.35. The Balaban J connectivity index is 1.93. The van der Waals surface area contributed by atoms with E-state index in [4.69, 9.17) is 16.3 Å². The number of rotatable bonds is 9. The second kappa shape index (κ2) is 12.0. The summed E-state index contributed by atoms with van der Waals surface area (Å²) >= 11 is 5.80. The number of carbonyl (C=O) groups is 2. The summed E-state index contributed by atoms with van der Waals surface area (Å²) in [6, 6.07) is 9.35. The number of hydrogen-bond donors (Lipinski definition) is 3. The van der Waals surface area contributed by atoms with Crippen molar-refractivity contribution in [3.8, 4) is 0 Å². The van der Waals surface area contributed by atoms with E-state index in [2.05, 4.69) is 22.5 Å². The van der Waals surface area contributed by atoms with E-state index in [0.29, 0.717) is 25.3 Å². The summed E-state index contributed by atoms with van der Waals surface area (Å²) in [5.74, 6) is -1.71. The summed E-state index contributed by atoms with van der Waals surface area (Å²) in [6.45, 7) is 6.06. The number of halogens is 2. The van der Waals surface area contributed by atoms with Crippen LogP contribution in [0.15, 0.2) is 36.4 Å². The highest BCUT2D eigenvalue weighted by molar-refractivity contribution is 6.30. The number of amides is 2. The van der Waals surface area contributed by atoms with Crippen LogP contribution in [-0.2, 0) is 9.53 Å². The predicted octanol–water partition coefficient (Wildman–Crippen LogP) is 6.10. The molecule has 1 aliphatic rings. The smallest absolute Gasteiger partial charge is 0.323 e. The second-order valence-electron chi connectivity index (χ2n) is 8.31. The molecular formula is C25H31ClFN3O4. The Morgan fingerprint density at radius 3 is 2.47 bits per heavy atom. The molecule has 0 unspecified atom stereocenters. The SMILES string of the molecule is CC[C@H](CC(=O)O)c1ccc(N(CC)C2CCOCC2)c(NC(=O)Nc2ccc(Cl)cc2F)c1. The molecule has 0 aliphatic carbocycles. The predicted molar refractivity (Wildman–Crippen MR) is 133 cm³/mol. The minimum absolute atomic E-state index is 0.00503. The average molecular weight is 492 g/mol. The number of anilines is 3. The standard InChI is InChI=1S/C25H31ClFN3O4/c1-3-16(14-24(31)32)17-5-8-23(30(4-2)19-9-11-34-12-10-19)22(13-17)29-25(33)28-21-7-6-18(26)15-20(21)27/h5-8,13,15-16,19H,3-4,9-12,14H2,1-2H3,(H,31,32)(H2,28,29,33)/t16-/m1/s1. The van der Waals surface area contributed by atoms with Crippen LogP contribution in [0.3, 0.4) is 0 Å². The number of carbonyl (C=O) groups excluding carboxylic acids is 1. The van der Waals surface area contributed by atoms with E-state index < -0.39 is 17.8 Å². The molecule has 34 heavy (non-hydrogen) atoms. The first-order valence-electron chi connectivity index (χ1n) is 11.6. The molecule has 1 aliphatic heterocycles. The zero-order valence-corrected chi connectivity index (χ0v) is 20.2. The summed E-state index contributed by atoms with van der Waals surface area (Å²) in [5, 5.41) is 14.9. The first-order chi connectivity index (χ1) is 16.3. The van der Waals surface area contributed by atoms with Crippen LogP contribution in [0.1, 0.15) is 51.0 Å². The number of carboxylic acids is 1. The summed E-state index contributed by atoms with van der Waals surface area (Å²) < 4.78 is 19.7. The summed E-state index contributed by atoms with van der Waals surface area (Å²) in [4.78, 5) is 26.4. The molecule has 2 aromatic rings. The van der Waals surface area contributed by atoms with Crippen LogP contribution in [-0.4, -0.2) is 42.9 Å². The van der Waals surface area contributed by atoms with Crippen molar-refractivity contribution < 1.29 is 23.8 Å². The molecule has 184 valence electrons. The molecule has 7 nitrogen and oxygen atoms in total. The van der Waals surface area contributed by atoms with Crippen LogP contribution in [0.25, 0.3) is 0 Å². The third-order valence-electron chi connectivity index (χ3n) is 6.12. The number of aliphatic carboxylic acids is 1. The van der Waals surface area contributed by atoms with E-state index in [0.717, 1.165) is 36.7 Å². The molecular weight excluding hydrogens is 461 g/mol. The molecule has 1 atom stereocenters. The van der Waals surface area contributed by atoms with Crippen LogP contribution in [0, 0.1) is 5.82 Å². The number of carboxylic acid groups (broad SMARTS) is 1. The molecule has 2 amide bonds. The van der Waals surface area contributed by atoms with Gasteiger partial charge >= 0.3 is 12.0 Å². The molecule has 3 rings (SSSR count). The number of nitrogens with one attached hydrogen (secondary N) is 2. The van der Waals surface area contributed by atoms with Gasteiger partial charge in [0, 0.05) is 30.8 Å². The van der Waals surface area contributed by atoms with E-state index in [1.807, 2.05) is 25.1 Å². The van der Waals surface area contributed by atoms with Gasteiger partial charge in [0.2, 0.25) is 0 Å². The number of ether oxygens (including phenoxy) is 1.